The molecule has 1 atom stereocenters. The molecule has 0 fully saturated rings. The normalized spacial score (nSPS) is 25.8. The molecule has 56 valence electrons. The predicted molar refractivity (Wildman–Crippen MR) is 42.1 cm³/mol. The van der Waals surface area contributed by atoms with E-state index in [-0.39, 0.29) is 11.2 Å². The maximum atomic E-state index is 10.6. The first kappa shape index (κ1) is 8.09. The molecule has 0 aromatic carbocycles. The summed E-state index contributed by atoms with van der Waals surface area (Å²) in [5, 5.41) is 0.284. The zero-order chi connectivity index (χ0) is 7.56. The highest BCUT2D eigenvalue weighted by Crippen LogP contribution is 2.28. The molecule has 1 unspecified atom stereocenters. The number of hydrogen-bond acceptors (Lipinski definition) is 1. The van der Waals surface area contributed by atoms with Crippen molar-refractivity contribution in [1.29, 1.82) is 0 Å². The van der Waals surface area contributed by atoms with E-state index in [1.807, 2.05) is 6.08 Å². The Hall–Kier alpha value is -0.0100. The minimum absolute atomic E-state index is 0.225. The molecule has 3 heteroatoms. The van der Waals surface area contributed by atoms with Crippen molar-refractivity contribution in [2.75, 3.05) is 0 Å². The standard InChI is InChI=1S/C7H8Cl2O/c8-6-4-2-1-3-5(6)7(9)10/h4-5H,1-3H2. The van der Waals surface area contributed by atoms with Crippen LogP contribution in [-0.2, 0) is 4.79 Å². The molecule has 10 heavy (non-hydrogen) atoms. The van der Waals surface area contributed by atoms with Crippen LogP contribution >= 0.6 is 23.2 Å². The van der Waals surface area contributed by atoms with Crippen LogP contribution in [0.25, 0.3) is 0 Å². The fourth-order valence-electron chi connectivity index (χ4n) is 1.06. The van der Waals surface area contributed by atoms with Crippen molar-refractivity contribution >= 4 is 28.4 Å². The van der Waals surface area contributed by atoms with Crippen LogP contribution in [0.3, 0.4) is 0 Å². The van der Waals surface area contributed by atoms with E-state index < -0.39 is 0 Å². The molecule has 0 saturated carbocycles. The van der Waals surface area contributed by atoms with Crippen LogP contribution in [0.15, 0.2) is 11.1 Å². The van der Waals surface area contributed by atoms with E-state index >= 15 is 0 Å². The van der Waals surface area contributed by atoms with E-state index in [1.165, 1.54) is 0 Å². The van der Waals surface area contributed by atoms with E-state index in [9.17, 15) is 4.79 Å². The van der Waals surface area contributed by atoms with Gasteiger partial charge in [-0.1, -0.05) is 17.7 Å². The van der Waals surface area contributed by atoms with Crippen LogP contribution in [0.4, 0.5) is 0 Å². The Morgan fingerprint density at radius 2 is 2.40 bits per heavy atom. The van der Waals surface area contributed by atoms with Crippen molar-refractivity contribution in [1.82, 2.24) is 0 Å². The number of halogens is 2. The first-order valence-corrected chi connectivity index (χ1v) is 4.02. The van der Waals surface area contributed by atoms with Crippen LogP contribution in [0.5, 0.6) is 0 Å². The van der Waals surface area contributed by atoms with Gasteiger partial charge in [0, 0.05) is 5.03 Å². The molecule has 0 saturated heterocycles. The van der Waals surface area contributed by atoms with E-state index in [1.54, 1.807) is 0 Å². The van der Waals surface area contributed by atoms with Crippen molar-refractivity contribution in [3.8, 4) is 0 Å². The fraction of sp³-hybridized carbons (Fsp3) is 0.571. The monoisotopic (exact) mass is 178 g/mol. The zero-order valence-corrected chi connectivity index (χ0v) is 6.95. The Kier molecular flexibility index (Phi) is 2.75. The average Bonchev–Trinajstić information content (AvgIpc) is 1.88. The van der Waals surface area contributed by atoms with E-state index in [2.05, 4.69) is 0 Å². The number of rotatable bonds is 1. The van der Waals surface area contributed by atoms with Gasteiger partial charge in [0.1, 0.15) is 0 Å². The average molecular weight is 179 g/mol. The molecule has 0 heterocycles. The van der Waals surface area contributed by atoms with Crippen molar-refractivity contribution in [3.05, 3.63) is 11.1 Å². The summed E-state index contributed by atoms with van der Waals surface area (Å²) in [6.45, 7) is 0. The summed E-state index contributed by atoms with van der Waals surface area (Å²) >= 11 is 11.0. The van der Waals surface area contributed by atoms with Gasteiger partial charge in [-0.2, -0.15) is 0 Å². The molecule has 0 N–H and O–H groups in total. The molecule has 0 amide bonds. The molecular weight excluding hydrogens is 171 g/mol. The summed E-state index contributed by atoms with van der Waals surface area (Å²) in [4.78, 5) is 10.6. The van der Waals surface area contributed by atoms with Crippen LogP contribution in [0.2, 0.25) is 0 Å². The molecule has 0 spiro atoms. The Labute approximate surface area is 70.0 Å². The minimum atomic E-state index is -0.332. The topological polar surface area (TPSA) is 17.1 Å². The lowest BCUT2D eigenvalue weighted by Crippen LogP contribution is -2.11. The van der Waals surface area contributed by atoms with Gasteiger partial charge in [0.2, 0.25) is 5.24 Å². The van der Waals surface area contributed by atoms with Gasteiger partial charge >= 0.3 is 0 Å². The number of carbonyl (C=O) groups is 1. The highest BCUT2D eigenvalue weighted by Gasteiger charge is 2.21. The summed E-state index contributed by atoms with van der Waals surface area (Å²) in [7, 11) is 0. The number of carbonyl (C=O) groups excluding carboxylic acids is 1. The summed E-state index contributed by atoms with van der Waals surface area (Å²) in [5.74, 6) is -0.225. The van der Waals surface area contributed by atoms with Crippen LogP contribution < -0.4 is 0 Å². The van der Waals surface area contributed by atoms with Crippen LogP contribution in [0.1, 0.15) is 19.3 Å². The fourth-order valence-corrected chi connectivity index (χ4v) is 1.66. The number of hydrogen-bond donors (Lipinski definition) is 0. The van der Waals surface area contributed by atoms with Gasteiger partial charge in [-0.25, -0.2) is 0 Å². The Bertz CT molecular complexity index is 174. The van der Waals surface area contributed by atoms with Gasteiger partial charge in [0.15, 0.2) is 0 Å². The van der Waals surface area contributed by atoms with Gasteiger partial charge in [-0.15, -0.1) is 0 Å². The first-order chi connectivity index (χ1) is 4.72. The Morgan fingerprint density at radius 1 is 1.70 bits per heavy atom. The van der Waals surface area contributed by atoms with Crippen LogP contribution in [0, 0.1) is 5.92 Å². The Morgan fingerprint density at radius 3 is 2.80 bits per heavy atom. The summed E-state index contributed by atoms with van der Waals surface area (Å²) < 4.78 is 0. The van der Waals surface area contributed by atoms with Crippen LogP contribution in [-0.4, -0.2) is 5.24 Å². The lowest BCUT2D eigenvalue weighted by atomic mass is 9.97. The van der Waals surface area contributed by atoms with Crippen molar-refractivity contribution in [3.63, 3.8) is 0 Å². The van der Waals surface area contributed by atoms with Crippen molar-refractivity contribution in [2.45, 2.75) is 19.3 Å². The van der Waals surface area contributed by atoms with Gasteiger partial charge in [-0.3, -0.25) is 4.79 Å². The molecule has 0 aliphatic heterocycles. The Balaban J connectivity index is 2.67. The molecule has 0 radical (unpaired) electrons. The SMILES string of the molecule is O=C(Cl)C1CCCC=C1Cl. The summed E-state index contributed by atoms with van der Waals surface area (Å²) in [6, 6.07) is 0. The molecule has 1 nitrogen and oxygen atoms in total. The second-order valence-electron chi connectivity index (χ2n) is 2.38. The van der Waals surface area contributed by atoms with Gasteiger partial charge < -0.3 is 0 Å². The summed E-state index contributed by atoms with van der Waals surface area (Å²) in [6.07, 6.45) is 4.66. The third kappa shape index (κ3) is 1.74. The molecule has 1 rings (SSSR count). The maximum absolute atomic E-state index is 10.6. The first-order valence-electron chi connectivity index (χ1n) is 3.26. The number of allylic oxidation sites excluding steroid dienone is 2. The lowest BCUT2D eigenvalue weighted by molar-refractivity contribution is -0.114. The van der Waals surface area contributed by atoms with Crippen molar-refractivity contribution < 1.29 is 4.79 Å². The second-order valence-corrected chi connectivity index (χ2v) is 3.19. The molecule has 0 bridgehead atoms. The molecule has 0 aromatic heterocycles. The quantitative estimate of drug-likeness (QED) is 0.565. The predicted octanol–water partition coefficient (Wildman–Crippen LogP) is 2.67. The van der Waals surface area contributed by atoms with Gasteiger partial charge in [-0.05, 0) is 30.9 Å². The van der Waals surface area contributed by atoms with E-state index in [0.29, 0.717) is 5.03 Å². The second kappa shape index (κ2) is 3.40. The third-order valence-corrected chi connectivity index (χ3v) is 2.32. The smallest absolute Gasteiger partial charge is 0.230 e. The summed E-state index contributed by atoms with van der Waals surface area (Å²) in [5.41, 5.74) is 0. The van der Waals surface area contributed by atoms with E-state index in [0.717, 1.165) is 19.3 Å². The largest absolute Gasteiger partial charge is 0.281 e. The maximum Gasteiger partial charge on any atom is 0.230 e. The highest BCUT2D eigenvalue weighted by atomic mass is 35.5. The van der Waals surface area contributed by atoms with Gasteiger partial charge in [0.05, 0.1) is 5.92 Å². The van der Waals surface area contributed by atoms with Crippen molar-refractivity contribution in [2.24, 2.45) is 5.92 Å². The molecular formula is C7H8Cl2O. The lowest BCUT2D eigenvalue weighted by Gasteiger charge is -2.14. The molecule has 1 aliphatic rings. The highest BCUT2D eigenvalue weighted by molar-refractivity contribution is 6.65. The zero-order valence-electron chi connectivity index (χ0n) is 5.44. The van der Waals surface area contributed by atoms with E-state index in [4.69, 9.17) is 23.2 Å². The minimum Gasteiger partial charge on any atom is -0.281 e. The molecule has 1 aliphatic carbocycles. The molecule has 0 aromatic rings. The third-order valence-electron chi connectivity index (χ3n) is 1.64. The van der Waals surface area contributed by atoms with Gasteiger partial charge in [0.25, 0.3) is 0 Å².